The normalized spacial score (nSPS) is 11.2. The Morgan fingerprint density at radius 2 is 2.12 bits per heavy atom. The monoisotopic (exact) mass is 342 g/mol. The maximum atomic E-state index is 12.1. The van der Waals surface area contributed by atoms with E-state index in [1.807, 2.05) is 26.8 Å². The van der Waals surface area contributed by atoms with E-state index >= 15 is 0 Å². The van der Waals surface area contributed by atoms with Crippen molar-refractivity contribution in [3.8, 4) is 0 Å². The maximum absolute atomic E-state index is 12.1. The molecule has 25 heavy (non-hydrogen) atoms. The number of carbonyl (C=O) groups is 1. The number of pyridine rings is 1. The minimum absolute atomic E-state index is 0.0403. The number of aromatic amines is 1. The number of furan rings is 1. The van der Waals surface area contributed by atoms with Crippen molar-refractivity contribution in [2.45, 2.75) is 40.2 Å². The van der Waals surface area contributed by atoms with Crippen LogP contribution in [0.25, 0.3) is 11.0 Å². The molecule has 3 heterocycles. The largest absolute Gasteiger partial charge is 0.469 e. The lowest BCUT2D eigenvalue weighted by Crippen LogP contribution is -2.23. The Bertz CT molecular complexity index is 994. The molecular formula is C18H22N4O3. The Hall–Kier alpha value is -2.83. The third-order valence-corrected chi connectivity index (χ3v) is 4.62. The molecule has 0 radical (unpaired) electrons. The van der Waals surface area contributed by atoms with Gasteiger partial charge < -0.3 is 9.73 Å². The zero-order valence-electron chi connectivity index (χ0n) is 14.9. The first kappa shape index (κ1) is 17.0. The van der Waals surface area contributed by atoms with Crippen molar-refractivity contribution >= 4 is 16.9 Å². The summed E-state index contributed by atoms with van der Waals surface area (Å²) in [5.41, 5.74) is 4.16. The highest BCUT2D eigenvalue weighted by molar-refractivity contribution is 5.81. The van der Waals surface area contributed by atoms with Crippen LogP contribution < -0.4 is 10.9 Å². The molecule has 3 aromatic rings. The van der Waals surface area contributed by atoms with Crippen LogP contribution in [0, 0.1) is 20.8 Å². The van der Waals surface area contributed by atoms with Crippen LogP contribution in [0.2, 0.25) is 0 Å². The highest BCUT2D eigenvalue weighted by Gasteiger charge is 2.16. The third kappa shape index (κ3) is 3.22. The molecule has 3 aromatic heterocycles. The van der Waals surface area contributed by atoms with Crippen molar-refractivity contribution in [3.05, 3.63) is 50.8 Å². The van der Waals surface area contributed by atoms with E-state index in [0.29, 0.717) is 30.4 Å². The number of fused-ring (bicyclic) bond motifs is 1. The molecule has 1 amide bonds. The molecule has 3 rings (SSSR count). The molecule has 0 unspecified atom stereocenters. The average molecular weight is 342 g/mol. The average Bonchev–Trinajstić information content (AvgIpc) is 3.08. The summed E-state index contributed by atoms with van der Waals surface area (Å²) in [6, 6.07) is 1.85. The van der Waals surface area contributed by atoms with Gasteiger partial charge in [0.25, 0.3) is 5.56 Å². The lowest BCUT2D eigenvalue weighted by Gasteiger charge is -2.10. The van der Waals surface area contributed by atoms with Gasteiger partial charge in [0.2, 0.25) is 5.91 Å². The minimum atomic E-state index is -0.149. The first-order chi connectivity index (χ1) is 11.9. The molecule has 7 nitrogen and oxygen atoms in total. The lowest BCUT2D eigenvalue weighted by molar-refractivity contribution is -0.121. The Morgan fingerprint density at radius 3 is 2.80 bits per heavy atom. The molecule has 0 aromatic carbocycles. The Labute approximate surface area is 145 Å². The van der Waals surface area contributed by atoms with E-state index in [9.17, 15) is 9.59 Å². The highest BCUT2D eigenvalue weighted by atomic mass is 16.3. The van der Waals surface area contributed by atoms with Crippen LogP contribution >= 0.6 is 0 Å². The van der Waals surface area contributed by atoms with Gasteiger partial charge in [0.05, 0.1) is 11.6 Å². The molecular weight excluding hydrogens is 320 g/mol. The molecule has 132 valence electrons. The maximum Gasteiger partial charge on any atom is 0.273 e. The summed E-state index contributed by atoms with van der Waals surface area (Å²) in [4.78, 5) is 28.7. The number of nitrogens with zero attached hydrogens (tertiary/aromatic N) is 2. The van der Waals surface area contributed by atoms with Gasteiger partial charge in [-0.05, 0) is 44.4 Å². The fourth-order valence-corrected chi connectivity index (χ4v) is 3.13. The number of aromatic nitrogens is 3. The summed E-state index contributed by atoms with van der Waals surface area (Å²) in [7, 11) is 1.76. The van der Waals surface area contributed by atoms with Gasteiger partial charge in [-0.3, -0.25) is 19.4 Å². The zero-order valence-corrected chi connectivity index (χ0v) is 14.9. The predicted molar refractivity (Wildman–Crippen MR) is 94.4 cm³/mol. The molecule has 0 spiro atoms. The summed E-state index contributed by atoms with van der Waals surface area (Å²) in [5.74, 6) is 0.770. The number of carbonyl (C=O) groups excluding carboxylic acids is 1. The Kier molecular flexibility index (Phi) is 4.48. The summed E-state index contributed by atoms with van der Waals surface area (Å²) < 4.78 is 6.84. The van der Waals surface area contributed by atoms with Gasteiger partial charge in [-0.15, -0.1) is 0 Å². The number of amides is 1. The van der Waals surface area contributed by atoms with Gasteiger partial charge in [0.1, 0.15) is 5.76 Å². The van der Waals surface area contributed by atoms with E-state index in [2.05, 4.69) is 15.4 Å². The Morgan fingerprint density at radius 1 is 1.36 bits per heavy atom. The van der Waals surface area contributed by atoms with Gasteiger partial charge in [-0.2, -0.15) is 0 Å². The molecule has 0 saturated carbocycles. The lowest BCUT2D eigenvalue weighted by atomic mass is 10.00. The van der Waals surface area contributed by atoms with Crippen LogP contribution in [0.5, 0.6) is 0 Å². The topological polar surface area (TPSA) is 92.9 Å². The fraction of sp³-hybridized carbons (Fsp3) is 0.389. The summed E-state index contributed by atoms with van der Waals surface area (Å²) in [6.45, 7) is 6.14. The molecule has 0 saturated heterocycles. The number of hydrogen-bond acceptors (Lipinski definition) is 4. The second-order valence-electron chi connectivity index (χ2n) is 6.28. The van der Waals surface area contributed by atoms with Gasteiger partial charge in [-0.1, -0.05) is 0 Å². The standard InChI is InChI=1S/C18H22N4O3/c1-10-14(11(2)20-17-16(10)18(24)21-22(17)4)5-6-15(23)19-9-13-7-8-25-12(13)3/h7-8H,5-6,9H2,1-4H3,(H,19,23)(H,21,24). The van der Waals surface area contributed by atoms with Crippen LogP contribution in [0.15, 0.2) is 21.5 Å². The first-order valence-electron chi connectivity index (χ1n) is 8.23. The molecule has 0 aliphatic rings. The summed E-state index contributed by atoms with van der Waals surface area (Å²) in [6.07, 6.45) is 2.50. The molecule has 0 aliphatic carbocycles. The van der Waals surface area contributed by atoms with Crippen LogP contribution in [0.3, 0.4) is 0 Å². The molecule has 2 N–H and O–H groups in total. The highest BCUT2D eigenvalue weighted by Crippen LogP contribution is 2.21. The second kappa shape index (κ2) is 6.58. The van der Waals surface area contributed by atoms with Crippen molar-refractivity contribution in [1.82, 2.24) is 20.1 Å². The number of rotatable bonds is 5. The van der Waals surface area contributed by atoms with E-state index in [-0.39, 0.29) is 11.5 Å². The van der Waals surface area contributed by atoms with Crippen molar-refractivity contribution < 1.29 is 9.21 Å². The van der Waals surface area contributed by atoms with Gasteiger partial charge in [0.15, 0.2) is 5.65 Å². The van der Waals surface area contributed by atoms with E-state index in [0.717, 1.165) is 28.1 Å². The number of nitrogens with one attached hydrogen (secondary N) is 2. The smallest absolute Gasteiger partial charge is 0.273 e. The quantitative estimate of drug-likeness (QED) is 0.742. The van der Waals surface area contributed by atoms with Crippen LogP contribution in [0.1, 0.15) is 34.6 Å². The fourth-order valence-electron chi connectivity index (χ4n) is 3.13. The summed E-state index contributed by atoms with van der Waals surface area (Å²) >= 11 is 0. The van der Waals surface area contributed by atoms with Crippen molar-refractivity contribution in [2.75, 3.05) is 0 Å². The van der Waals surface area contributed by atoms with E-state index in [4.69, 9.17) is 4.42 Å². The molecule has 0 aliphatic heterocycles. The number of hydrogen-bond donors (Lipinski definition) is 2. The van der Waals surface area contributed by atoms with Gasteiger partial charge in [0, 0.05) is 31.3 Å². The van der Waals surface area contributed by atoms with Crippen molar-refractivity contribution in [1.29, 1.82) is 0 Å². The zero-order chi connectivity index (χ0) is 18.1. The van der Waals surface area contributed by atoms with Gasteiger partial charge >= 0.3 is 0 Å². The molecule has 0 atom stereocenters. The Balaban J connectivity index is 1.72. The van der Waals surface area contributed by atoms with Crippen LogP contribution in [-0.2, 0) is 24.8 Å². The summed E-state index contributed by atoms with van der Waals surface area (Å²) in [5, 5.41) is 6.22. The van der Waals surface area contributed by atoms with E-state index < -0.39 is 0 Å². The second-order valence-corrected chi connectivity index (χ2v) is 6.28. The van der Waals surface area contributed by atoms with Crippen molar-refractivity contribution in [2.24, 2.45) is 7.05 Å². The SMILES string of the molecule is Cc1nc2c(c(C)c1CCC(=O)NCc1ccoc1C)c(=O)[nH]n2C. The van der Waals surface area contributed by atoms with Crippen molar-refractivity contribution in [3.63, 3.8) is 0 Å². The number of aryl methyl sites for hydroxylation is 4. The van der Waals surface area contributed by atoms with Gasteiger partial charge in [-0.25, -0.2) is 4.98 Å². The molecule has 0 bridgehead atoms. The van der Waals surface area contributed by atoms with E-state index in [1.165, 1.54) is 0 Å². The van der Waals surface area contributed by atoms with E-state index in [1.54, 1.807) is 18.0 Å². The third-order valence-electron chi connectivity index (χ3n) is 4.62. The van der Waals surface area contributed by atoms with Crippen LogP contribution in [-0.4, -0.2) is 20.7 Å². The minimum Gasteiger partial charge on any atom is -0.469 e. The first-order valence-corrected chi connectivity index (χ1v) is 8.23. The predicted octanol–water partition coefficient (Wildman–Crippen LogP) is 2.03. The molecule has 7 heteroatoms. The van der Waals surface area contributed by atoms with Crippen LogP contribution in [0.4, 0.5) is 0 Å². The number of H-pyrrole nitrogens is 1. The molecule has 0 fully saturated rings.